The van der Waals surface area contributed by atoms with E-state index in [2.05, 4.69) is 26.1 Å². The van der Waals surface area contributed by atoms with E-state index >= 15 is 0 Å². The van der Waals surface area contributed by atoms with E-state index < -0.39 is 0 Å². The van der Waals surface area contributed by atoms with E-state index in [9.17, 15) is 4.79 Å². The third kappa shape index (κ3) is 3.67. The molecule has 0 aromatic carbocycles. The Labute approximate surface area is 99.6 Å². The molecule has 0 saturated heterocycles. The van der Waals surface area contributed by atoms with Crippen molar-refractivity contribution in [3.63, 3.8) is 0 Å². The van der Waals surface area contributed by atoms with Crippen molar-refractivity contribution in [1.29, 1.82) is 0 Å². The molecule has 0 rings (SSSR count). The fraction of sp³-hybridized carbons (Fsp3) is 0.917. The van der Waals surface area contributed by atoms with Gasteiger partial charge in [0.05, 0.1) is 5.54 Å². The Balaban J connectivity index is 4.37. The van der Waals surface area contributed by atoms with Gasteiger partial charge in [-0.05, 0) is 19.3 Å². The number of hydrogen-bond acceptors (Lipinski definition) is 2. The van der Waals surface area contributed by atoms with Gasteiger partial charge < -0.3 is 16.0 Å². The maximum atomic E-state index is 11.9. The van der Waals surface area contributed by atoms with Gasteiger partial charge in [-0.25, -0.2) is 4.79 Å². The zero-order chi connectivity index (χ0) is 12.6. The second-order valence-corrected chi connectivity index (χ2v) is 4.28. The molecular formula is C12H27N3O. The molecule has 0 bridgehead atoms. The average Bonchev–Trinajstić information content (AvgIpc) is 2.32. The summed E-state index contributed by atoms with van der Waals surface area (Å²) >= 11 is 0. The lowest BCUT2D eigenvalue weighted by molar-refractivity contribution is 0.130. The summed E-state index contributed by atoms with van der Waals surface area (Å²) in [7, 11) is 1.83. The predicted molar refractivity (Wildman–Crippen MR) is 68.4 cm³/mol. The van der Waals surface area contributed by atoms with Gasteiger partial charge in [-0.2, -0.15) is 0 Å². The Morgan fingerprint density at radius 1 is 1.31 bits per heavy atom. The molecule has 3 N–H and O–H groups in total. The Kier molecular flexibility index (Phi) is 7.13. The van der Waals surface area contributed by atoms with Crippen molar-refractivity contribution in [3.8, 4) is 0 Å². The third-order valence-electron chi connectivity index (χ3n) is 3.52. The van der Waals surface area contributed by atoms with Crippen LogP contribution in [0, 0.1) is 0 Å². The molecule has 0 heterocycles. The van der Waals surface area contributed by atoms with Crippen LogP contribution in [0.3, 0.4) is 0 Å². The third-order valence-corrected chi connectivity index (χ3v) is 3.52. The Morgan fingerprint density at radius 2 is 1.88 bits per heavy atom. The van der Waals surface area contributed by atoms with E-state index in [4.69, 9.17) is 5.73 Å². The van der Waals surface area contributed by atoms with E-state index in [1.807, 2.05) is 7.05 Å². The van der Waals surface area contributed by atoms with Crippen LogP contribution in [-0.2, 0) is 0 Å². The lowest BCUT2D eigenvalue weighted by Crippen LogP contribution is -2.56. The number of unbranched alkanes of at least 4 members (excludes halogenated alkanes) is 1. The number of nitrogens with two attached hydrogens (primary N) is 1. The van der Waals surface area contributed by atoms with Crippen LogP contribution in [-0.4, -0.2) is 36.6 Å². The molecule has 0 aliphatic heterocycles. The standard InChI is InChI=1S/C12H27N3O/c1-5-8-9-14-11(16)15(4)12(6-2,7-3)10-13/h5-10,13H2,1-4H3,(H,14,16). The lowest BCUT2D eigenvalue weighted by atomic mass is 9.91. The molecule has 0 aromatic rings. The molecule has 0 spiro atoms. The van der Waals surface area contributed by atoms with Crippen molar-refractivity contribution in [3.05, 3.63) is 0 Å². The molecular weight excluding hydrogens is 202 g/mol. The first kappa shape index (κ1) is 15.2. The molecule has 0 unspecified atom stereocenters. The van der Waals surface area contributed by atoms with Gasteiger partial charge in [0.25, 0.3) is 0 Å². The molecule has 2 amide bonds. The first-order chi connectivity index (χ1) is 7.57. The molecule has 0 atom stereocenters. The minimum atomic E-state index is -0.198. The highest BCUT2D eigenvalue weighted by Crippen LogP contribution is 2.21. The van der Waals surface area contributed by atoms with Gasteiger partial charge in [0.15, 0.2) is 0 Å². The number of carbonyl (C=O) groups excluding carboxylic acids is 1. The summed E-state index contributed by atoms with van der Waals surface area (Å²) in [6.45, 7) is 7.52. The van der Waals surface area contributed by atoms with Gasteiger partial charge >= 0.3 is 6.03 Å². The number of carbonyl (C=O) groups is 1. The molecule has 0 aromatic heterocycles. The second-order valence-electron chi connectivity index (χ2n) is 4.28. The molecule has 96 valence electrons. The zero-order valence-electron chi connectivity index (χ0n) is 11.2. The number of rotatable bonds is 7. The monoisotopic (exact) mass is 229 g/mol. The highest BCUT2D eigenvalue weighted by Gasteiger charge is 2.32. The summed E-state index contributed by atoms with van der Waals surface area (Å²) in [5, 5.41) is 2.92. The topological polar surface area (TPSA) is 58.4 Å². The molecule has 4 nitrogen and oxygen atoms in total. The van der Waals surface area contributed by atoms with E-state index in [-0.39, 0.29) is 11.6 Å². The molecule has 16 heavy (non-hydrogen) atoms. The van der Waals surface area contributed by atoms with Crippen molar-refractivity contribution in [2.45, 2.75) is 52.0 Å². The summed E-state index contributed by atoms with van der Waals surface area (Å²) in [5.41, 5.74) is 5.60. The van der Waals surface area contributed by atoms with Gasteiger partial charge in [0.2, 0.25) is 0 Å². The van der Waals surface area contributed by atoms with Gasteiger partial charge in [-0.1, -0.05) is 27.2 Å². The van der Waals surface area contributed by atoms with Crippen LogP contribution in [0.15, 0.2) is 0 Å². The van der Waals surface area contributed by atoms with Crippen LogP contribution < -0.4 is 11.1 Å². The second kappa shape index (κ2) is 7.49. The molecule has 0 saturated carbocycles. The fourth-order valence-electron chi connectivity index (χ4n) is 1.86. The van der Waals surface area contributed by atoms with Gasteiger partial charge in [-0.3, -0.25) is 0 Å². The van der Waals surface area contributed by atoms with E-state index in [1.54, 1.807) is 4.90 Å². The highest BCUT2D eigenvalue weighted by molar-refractivity contribution is 5.74. The summed E-state index contributed by atoms with van der Waals surface area (Å²) in [6, 6.07) is -0.0115. The smallest absolute Gasteiger partial charge is 0.317 e. The summed E-state index contributed by atoms with van der Waals surface area (Å²) in [4.78, 5) is 13.7. The van der Waals surface area contributed by atoms with Crippen LogP contribution in [0.25, 0.3) is 0 Å². The highest BCUT2D eigenvalue weighted by atomic mass is 16.2. The van der Waals surface area contributed by atoms with Gasteiger partial charge in [0.1, 0.15) is 0 Å². The average molecular weight is 229 g/mol. The largest absolute Gasteiger partial charge is 0.338 e. The van der Waals surface area contributed by atoms with Crippen LogP contribution >= 0.6 is 0 Å². The Bertz CT molecular complexity index is 194. The molecule has 0 fully saturated rings. The number of likely N-dealkylation sites (N-methyl/N-ethyl adjacent to an activating group) is 1. The number of nitrogens with zero attached hydrogens (tertiary/aromatic N) is 1. The van der Waals surface area contributed by atoms with E-state index in [0.29, 0.717) is 6.54 Å². The Hall–Kier alpha value is -0.770. The van der Waals surface area contributed by atoms with Crippen LogP contribution in [0.2, 0.25) is 0 Å². The zero-order valence-corrected chi connectivity index (χ0v) is 11.2. The van der Waals surface area contributed by atoms with Crippen molar-refractivity contribution < 1.29 is 4.79 Å². The minimum absolute atomic E-state index is 0.0115. The number of nitrogens with one attached hydrogen (secondary N) is 1. The van der Waals surface area contributed by atoms with Crippen molar-refractivity contribution in [1.82, 2.24) is 10.2 Å². The quantitative estimate of drug-likeness (QED) is 0.655. The van der Waals surface area contributed by atoms with Crippen LogP contribution in [0.1, 0.15) is 46.5 Å². The van der Waals surface area contributed by atoms with E-state index in [1.165, 1.54) is 0 Å². The Morgan fingerprint density at radius 3 is 2.25 bits per heavy atom. The van der Waals surface area contributed by atoms with Crippen molar-refractivity contribution in [2.24, 2.45) is 5.73 Å². The minimum Gasteiger partial charge on any atom is -0.338 e. The molecule has 0 aliphatic rings. The normalized spacial score (nSPS) is 11.3. The maximum Gasteiger partial charge on any atom is 0.317 e. The van der Waals surface area contributed by atoms with Gasteiger partial charge in [-0.15, -0.1) is 0 Å². The fourth-order valence-corrected chi connectivity index (χ4v) is 1.86. The summed E-state index contributed by atoms with van der Waals surface area (Å²) in [6.07, 6.45) is 3.89. The first-order valence-corrected chi connectivity index (χ1v) is 6.29. The lowest BCUT2D eigenvalue weighted by Gasteiger charge is -2.39. The van der Waals surface area contributed by atoms with Crippen molar-refractivity contribution in [2.75, 3.05) is 20.1 Å². The number of hydrogen-bond donors (Lipinski definition) is 2. The van der Waals surface area contributed by atoms with Crippen molar-refractivity contribution >= 4 is 6.03 Å². The summed E-state index contributed by atoms with van der Waals surface area (Å²) < 4.78 is 0. The summed E-state index contributed by atoms with van der Waals surface area (Å²) in [5.74, 6) is 0. The van der Waals surface area contributed by atoms with E-state index in [0.717, 1.165) is 32.2 Å². The first-order valence-electron chi connectivity index (χ1n) is 6.29. The number of urea groups is 1. The predicted octanol–water partition coefficient (Wildman–Crippen LogP) is 1.95. The SMILES string of the molecule is CCCCNC(=O)N(C)C(CC)(CC)CN. The van der Waals surface area contributed by atoms with Gasteiger partial charge in [0, 0.05) is 20.1 Å². The van der Waals surface area contributed by atoms with Crippen LogP contribution in [0.5, 0.6) is 0 Å². The molecule has 4 heteroatoms. The van der Waals surface area contributed by atoms with Crippen LogP contribution in [0.4, 0.5) is 4.79 Å². The number of amides is 2. The molecule has 0 aliphatic carbocycles. The molecule has 0 radical (unpaired) electrons. The maximum absolute atomic E-state index is 11.9.